The van der Waals surface area contributed by atoms with Gasteiger partial charge in [0, 0.05) is 34.9 Å². The molecule has 0 radical (unpaired) electrons. The number of fused-ring (bicyclic) bond motifs is 5. The van der Waals surface area contributed by atoms with E-state index in [0.29, 0.717) is 16.1 Å². The summed E-state index contributed by atoms with van der Waals surface area (Å²) >= 11 is 6.32. The van der Waals surface area contributed by atoms with Crippen molar-refractivity contribution in [2.45, 2.75) is 31.9 Å². The molecule has 1 fully saturated rings. The van der Waals surface area contributed by atoms with E-state index in [1.165, 1.54) is 5.56 Å². The molecule has 2 aliphatic heterocycles. The predicted molar refractivity (Wildman–Crippen MR) is 107 cm³/mol. The number of hydrogen-bond donors (Lipinski definition) is 0. The van der Waals surface area contributed by atoms with Crippen LogP contribution in [0.15, 0.2) is 42.5 Å². The lowest BCUT2D eigenvalue weighted by Crippen LogP contribution is -2.51. The Labute approximate surface area is 170 Å². The van der Waals surface area contributed by atoms with Crippen LogP contribution in [0.4, 0.5) is 4.79 Å². The molecule has 5 nitrogen and oxygen atoms in total. The van der Waals surface area contributed by atoms with Crippen molar-refractivity contribution >= 4 is 17.8 Å². The summed E-state index contributed by atoms with van der Waals surface area (Å²) in [7, 11) is 2.13. The fourth-order valence-corrected chi connectivity index (χ4v) is 4.65. The second kappa shape index (κ2) is 7.30. The van der Waals surface area contributed by atoms with E-state index in [-0.39, 0.29) is 18.1 Å². The Kier molecular flexibility index (Phi) is 4.98. The van der Waals surface area contributed by atoms with E-state index >= 15 is 0 Å². The van der Waals surface area contributed by atoms with Crippen molar-refractivity contribution in [2.75, 3.05) is 26.7 Å². The molecule has 1 saturated heterocycles. The fourth-order valence-electron chi connectivity index (χ4n) is 4.47. The Bertz CT molecular complexity index is 902. The van der Waals surface area contributed by atoms with E-state index in [1.54, 1.807) is 6.92 Å². The van der Waals surface area contributed by atoms with Crippen LogP contribution >= 0.6 is 11.6 Å². The van der Waals surface area contributed by atoms with Crippen molar-refractivity contribution in [3.05, 3.63) is 58.6 Å². The molecule has 28 heavy (non-hydrogen) atoms. The summed E-state index contributed by atoms with van der Waals surface area (Å²) in [5.74, 6) is 2.19. The van der Waals surface area contributed by atoms with Gasteiger partial charge in [0.2, 0.25) is 6.23 Å². The van der Waals surface area contributed by atoms with Gasteiger partial charge in [0.05, 0.1) is 26.7 Å². The summed E-state index contributed by atoms with van der Waals surface area (Å²) in [6.07, 6.45) is -0.935. The van der Waals surface area contributed by atoms with Gasteiger partial charge < -0.3 is 14.2 Å². The molecule has 4 rings (SSSR count). The number of nitrogens with zero attached hydrogens (tertiary/aromatic N) is 1. The highest BCUT2D eigenvalue weighted by Crippen LogP contribution is 2.52. The van der Waals surface area contributed by atoms with Crippen molar-refractivity contribution in [3.8, 4) is 11.5 Å². The van der Waals surface area contributed by atoms with Crippen molar-refractivity contribution < 1.29 is 23.5 Å². The van der Waals surface area contributed by atoms with Crippen LogP contribution in [-0.2, 0) is 9.47 Å². The van der Waals surface area contributed by atoms with Crippen molar-refractivity contribution in [1.82, 2.24) is 0 Å². The molecule has 4 atom stereocenters. The van der Waals surface area contributed by atoms with E-state index in [1.807, 2.05) is 43.3 Å². The number of para-hydroxylation sites is 1. The van der Waals surface area contributed by atoms with Crippen LogP contribution in [0, 0.1) is 0 Å². The third kappa shape index (κ3) is 3.33. The molecule has 2 aromatic carbocycles. The van der Waals surface area contributed by atoms with Crippen LogP contribution in [0.3, 0.4) is 0 Å². The molecular weight excluding hydrogens is 378 g/mol. The Morgan fingerprint density at radius 1 is 1.18 bits per heavy atom. The van der Waals surface area contributed by atoms with Gasteiger partial charge in [-0.3, -0.25) is 4.48 Å². The molecule has 0 aliphatic carbocycles. The number of rotatable bonds is 3. The molecule has 4 unspecified atom stereocenters. The molecule has 0 saturated carbocycles. The predicted octanol–water partition coefficient (Wildman–Crippen LogP) is 5.29. The first-order valence-corrected chi connectivity index (χ1v) is 10.0. The molecular formula is C22H25ClNO4+. The zero-order valence-corrected chi connectivity index (χ0v) is 17.1. The minimum absolute atomic E-state index is 0.218. The molecule has 0 N–H and O–H groups in total. The average molecular weight is 403 g/mol. The molecule has 0 bridgehead atoms. The maximum atomic E-state index is 11.9. The molecule has 6 heteroatoms. The van der Waals surface area contributed by atoms with Gasteiger partial charge in [-0.25, -0.2) is 4.79 Å². The number of likely N-dealkylation sites (tertiary alicyclic amines) is 1. The minimum Gasteiger partial charge on any atom is -0.457 e. The van der Waals surface area contributed by atoms with E-state index < -0.39 is 6.16 Å². The first-order valence-electron chi connectivity index (χ1n) is 9.65. The highest BCUT2D eigenvalue weighted by Gasteiger charge is 2.50. The Balaban J connectivity index is 1.72. The molecule has 0 amide bonds. The second-order valence-electron chi connectivity index (χ2n) is 7.78. The van der Waals surface area contributed by atoms with Gasteiger partial charge in [0.1, 0.15) is 11.5 Å². The van der Waals surface area contributed by atoms with E-state index in [0.717, 1.165) is 30.2 Å². The van der Waals surface area contributed by atoms with Crippen LogP contribution in [0.5, 0.6) is 11.5 Å². The summed E-state index contributed by atoms with van der Waals surface area (Å²) in [5.41, 5.74) is 2.30. The number of ether oxygens (including phenoxy) is 3. The van der Waals surface area contributed by atoms with Gasteiger partial charge in [0.25, 0.3) is 0 Å². The summed E-state index contributed by atoms with van der Waals surface area (Å²) in [5, 5.41) is 0.698. The maximum absolute atomic E-state index is 11.9. The zero-order chi connectivity index (χ0) is 19.9. The van der Waals surface area contributed by atoms with E-state index in [4.69, 9.17) is 25.8 Å². The first kappa shape index (κ1) is 19.1. The van der Waals surface area contributed by atoms with E-state index in [2.05, 4.69) is 13.1 Å². The zero-order valence-electron chi connectivity index (χ0n) is 16.4. The topological polar surface area (TPSA) is 44.8 Å². The lowest BCUT2D eigenvalue weighted by Gasteiger charge is -2.35. The maximum Gasteiger partial charge on any atom is 0.512 e. The van der Waals surface area contributed by atoms with Crippen molar-refractivity contribution in [3.63, 3.8) is 0 Å². The first-order chi connectivity index (χ1) is 13.4. The van der Waals surface area contributed by atoms with Crippen LogP contribution in [0.25, 0.3) is 0 Å². The quantitative estimate of drug-likeness (QED) is 0.516. The molecule has 148 valence electrons. The van der Waals surface area contributed by atoms with Crippen LogP contribution in [0.1, 0.15) is 36.8 Å². The summed E-state index contributed by atoms with van der Waals surface area (Å²) in [6, 6.07) is 14.0. The number of likely N-dealkylation sites (N-methyl/N-ethyl adjacent to an activating group) is 1. The van der Waals surface area contributed by atoms with Crippen molar-refractivity contribution in [1.29, 1.82) is 0 Å². The number of benzene rings is 2. The molecule has 0 aromatic heterocycles. The highest BCUT2D eigenvalue weighted by atomic mass is 35.5. The number of quaternary nitrogens is 1. The summed E-state index contributed by atoms with van der Waals surface area (Å²) in [6.45, 7) is 5.65. The van der Waals surface area contributed by atoms with Crippen LogP contribution in [0.2, 0.25) is 5.02 Å². The van der Waals surface area contributed by atoms with Gasteiger partial charge in [-0.05, 0) is 31.2 Å². The largest absolute Gasteiger partial charge is 0.512 e. The van der Waals surface area contributed by atoms with Crippen molar-refractivity contribution in [2.24, 2.45) is 0 Å². The smallest absolute Gasteiger partial charge is 0.457 e. The Morgan fingerprint density at radius 3 is 2.61 bits per heavy atom. The average Bonchev–Trinajstić information content (AvgIpc) is 2.97. The third-order valence-corrected chi connectivity index (χ3v) is 6.26. The van der Waals surface area contributed by atoms with Gasteiger partial charge in [-0.2, -0.15) is 0 Å². The number of halogens is 1. The molecule has 2 aromatic rings. The Hall–Kier alpha value is -2.24. The summed E-state index contributed by atoms with van der Waals surface area (Å²) in [4.78, 5) is 11.9. The third-order valence-electron chi connectivity index (χ3n) is 6.03. The SMILES string of the molecule is CCOC(=O)OC(C)[N+]1(C)CC2c3ccccc3Oc3ccc(Cl)cc3C2C1. The summed E-state index contributed by atoms with van der Waals surface area (Å²) < 4.78 is 17.4. The lowest BCUT2D eigenvalue weighted by atomic mass is 9.84. The molecule has 2 aliphatic rings. The van der Waals surface area contributed by atoms with E-state index in [9.17, 15) is 4.79 Å². The van der Waals surface area contributed by atoms with Gasteiger partial charge in [-0.1, -0.05) is 29.8 Å². The normalized spacial score (nSPS) is 26.1. The number of hydrogen-bond acceptors (Lipinski definition) is 4. The molecule has 0 spiro atoms. The number of carbonyl (C=O) groups is 1. The molecule has 2 heterocycles. The minimum atomic E-state index is -0.617. The van der Waals surface area contributed by atoms with Crippen LogP contribution < -0.4 is 4.74 Å². The fraction of sp³-hybridized carbons (Fsp3) is 0.409. The number of carbonyl (C=O) groups excluding carboxylic acids is 1. The monoisotopic (exact) mass is 402 g/mol. The second-order valence-corrected chi connectivity index (χ2v) is 8.22. The Morgan fingerprint density at radius 2 is 1.86 bits per heavy atom. The highest BCUT2D eigenvalue weighted by molar-refractivity contribution is 6.30. The van der Waals surface area contributed by atoms with Gasteiger partial charge in [0.15, 0.2) is 0 Å². The standard InChI is InChI=1S/C22H25ClNO4/c1-4-26-22(25)27-14(2)24(3)12-18-16-7-5-6-8-20(16)28-21-10-9-15(23)11-17(21)19(18)13-24/h5-11,14,18-19H,4,12-13H2,1-3H3/q+1. The van der Waals surface area contributed by atoms with Gasteiger partial charge in [-0.15, -0.1) is 0 Å². The van der Waals surface area contributed by atoms with Gasteiger partial charge >= 0.3 is 6.16 Å². The van der Waals surface area contributed by atoms with Crippen LogP contribution in [-0.4, -0.2) is 43.6 Å². The lowest BCUT2D eigenvalue weighted by molar-refractivity contribution is -0.940.